The summed E-state index contributed by atoms with van der Waals surface area (Å²) in [6.07, 6.45) is 0. The summed E-state index contributed by atoms with van der Waals surface area (Å²) in [5, 5.41) is -0.331. The number of benzene rings is 2. The van der Waals surface area contributed by atoms with Crippen molar-refractivity contribution >= 4 is 22.5 Å². The minimum Gasteiger partial charge on any atom is -0.228 e. The van der Waals surface area contributed by atoms with Gasteiger partial charge in [-0.25, -0.2) is 27.5 Å². The van der Waals surface area contributed by atoms with E-state index in [0.717, 1.165) is 6.07 Å². The van der Waals surface area contributed by atoms with Crippen molar-refractivity contribution in [2.24, 2.45) is 0 Å². The van der Waals surface area contributed by atoms with Gasteiger partial charge in [-0.2, -0.15) is 0 Å². The van der Waals surface area contributed by atoms with E-state index in [4.69, 9.17) is 11.6 Å². The minimum absolute atomic E-state index is 0.0501. The van der Waals surface area contributed by atoms with Crippen molar-refractivity contribution in [1.82, 2.24) is 9.97 Å². The van der Waals surface area contributed by atoms with E-state index in [9.17, 15) is 17.6 Å². The Kier molecular flexibility index (Phi) is 3.25. The van der Waals surface area contributed by atoms with Gasteiger partial charge in [0.2, 0.25) is 0 Å². The fraction of sp³-hybridized carbons (Fsp3) is 0. The molecule has 0 unspecified atom stereocenters. The summed E-state index contributed by atoms with van der Waals surface area (Å²) in [4.78, 5) is 7.58. The van der Waals surface area contributed by atoms with Crippen molar-refractivity contribution in [1.29, 1.82) is 0 Å². The Labute approximate surface area is 121 Å². The molecule has 0 bridgehead atoms. The molecule has 0 atom stereocenters. The van der Waals surface area contributed by atoms with Gasteiger partial charge in [-0.1, -0.05) is 17.7 Å². The molecule has 0 aliphatic rings. The fourth-order valence-electron chi connectivity index (χ4n) is 1.97. The molecule has 21 heavy (non-hydrogen) atoms. The van der Waals surface area contributed by atoms with Gasteiger partial charge in [0.1, 0.15) is 28.4 Å². The summed E-state index contributed by atoms with van der Waals surface area (Å²) in [5.41, 5.74) is -0.530. The maximum absolute atomic E-state index is 13.7. The Bertz CT molecular complexity index is 844. The Balaban J connectivity index is 2.32. The molecule has 7 heteroatoms. The van der Waals surface area contributed by atoms with Gasteiger partial charge in [0.25, 0.3) is 0 Å². The first-order valence-electron chi connectivity index (χ1n) is 5.74. The minimum atomic E-state index is -1.17. The SMILES string of the molecule is Fc1cc(F)c(-c2nc(Cl)c3c(F)cccc3n2)c(F)c1. The number of nitrogens with zero attached hydrogens (tertiary/aromatic N) is 2. The molecule has 0 amide bonds. The second kappa shape index (κ2) is 4.96. The third kappa shape index (κ3) is 2.31. The Morgan fingerprint density at radius 1 is 0.857 bits per heavy atom. The van der Waals surface area contributed by atoms with E-state index in [1.54, 1.807) is 0 Å². The second-order valence-electron chi connectivity index (χ2n) is 4.22. The van der Waals surface area contributed by atoms with Gasteiger partial charge >= 0.3 is 0 Å². The molecule has 3 rings (SSSR count). The zero-order valence-electron chi connectivity index (χ0n) is 10.2. The monoisotopic (exact) mass is 312 g/mol. The molecule has 1 aromatic heterocycles. The molecule has 2 aromatic carbocycles. The van der Waals surface area contributed by atoms with E-state index >= 15 is 0 Å². The van der Waals surface area contributed by atoms with E-state index in [0.29, 0.717) is 12.1 Å². The first-order valence-corrected chi connectivity index (χ1v) is 6.12. The molecule has 0 radical (unpaired) electrons. The number of aromatic nitrogens is 2. The Morgan fingerprint density at radius 3 is 2.19 bits per heavy atom. The molecule has 0 spiro atoms. The molecule has 3 aromatic rings. The smallest absolute Gasteiger partial charge is 0.167 e. The Morgan fingerprint density at radius 2 is 1.52 bits per heavy atom. The van der Waals surface area contributed by atoms with Crippen LogP contribution in [0.5, 0.6) is 0 Å². The summed E-state index contributed by atoms with van der Waals surface area (Å²) in [6, 6.07) is 4.98. The van der Waals surface area contributed by atoms with Crippen LogP contribution in [0.4, 0.5) is 17.6 Å². The van der Waals surface area contributed by atoms with Gasteiger partial charge in [-0.3, -0.25) is 0 Å². The standard InChI is InChI=1S/C14H5ClF4N2/c15-13-12-7(17)2-1-3-10(12)20-14(21-13)11-8(18)4-6(16)5-9(11)19/h1-5H. The zero-order chi connectivity index (χ0) is 15.1. The van der Waals surface area contributed by atoms with Crippen LogP contribution in [0.1, 0.15) is 0 Å². The first-order chi connectivity index (χ1) is 9.97. The van der Waals surface area contributed by atoms with Crippen LogP contribution < -0.4 is 0 Å². The summed E-state index contributed by atoms with van der Waals surface area (Å²) in [5.74, 6) is -4.43. The molecule has 0 saturated heterocycles. The van der Waals surface area contributed by atoms with Gasteiger partial charge in [-0.05, 0) is 12.1 Å². The largest absolute Gasteiger partial charge is 0.228 e. The highest BCUT2D eigenvalue weighted by atomic mass is 35.5. The van der Waals surface area contributed by atoms with Crippen LogP contribution in [0.15, 0.2) is 30.3 Å². The molecule has 0 N–H and O–H groups in total. The average Bonchev–Trinajstić information content (AvgIpc) is 2.37. The van der Waals surface area contributed by atoms with Crippen LogP contribution >= 0.6 is 11.6 Å². The van der Waals surface area contributed by atoms with Crippen LogP contribution in [0.25, 0.3) is 22.3 Å². The maximum Gasteiger partial charge on any atom is 0.167 e. The number of rotatable bonds is 1. The predicted molar refractivity (Wildman–Crippen MR) is 69.8 cm³/mol. The summed E-state index contributed by atoms with van der Waals surface area (Å²) in [7, 11) is 0. The van der Waals surface area contributed by atoms with Gasteiger partial charge in [0, 0.05) is 12.1 Å². The highest BCUT2D eigenvalue weighted by molar-refractivity contribution is 6.34. The fourth-order valence-corrected chi connectivity index (χ4v) is 2.23. The molecule has 106 valence electrons. The summed E-state index contributed by atoms with van der Waals surface area (Å²) in [6.45, 7) is 0. The van der Waals surface area contributed by atoms with E-state index in [1.165, 1.54) is 12.1 Å². The molecule has 0 fully saturated rings. The summed E-state index contributed by atoms with van der Waals surface area (Å²) >= 11 is 5.84. The van der Waals surface area contributed by atoms with E-state index in [-0.39, 0.29) is 21.9 Å². The lowest BCUT2D eigenvalue weighted by Gasteiger charge is -2.07. The van der Waals surface area contributed by atoms with Crippen LogP contribution in [-0.4, -0.2) is 9.97 Å². The molecular weight excluding hydrogens is 308 g/mol. The van der Waals surface area contributed by atoms with E-state index in [1.807, 2.05) is 0 Å². The van der Waals surface area contributed by atoms with Gasteiger partial charge < -0.3 is 0 Å². The third-order valence-corrected chi connectivity index (χ3v) is 3.13. The van der Waals surface area contributed by atoms with Crippen LogP contribution in [0, 0.1) is 23.3 Å². The van der Waals surface area contributed by atoms with Crippen molar-refractivity contribution in [3.63, 3.8) is 0 Å². The van der Waals surface area contributed by atoms with E-state index < -0.39 is 28.8 Å². The highest BCUT2D eigenvalue weighted by Crippen LogP contribution is 2.29. The van der Waals surface area contributed by atoms with Gasteiger partial charge in [0.05, 0.1) is 16.5 Å². The molecule has 0 saturated carbocycles. The lowest BCUT2D eigenvalue weighted by atomic mass is 10.1. The quantitative estimate of drug-likeness (QED) is 0.488. The summed E-state index contributed by atoms with van der Waals surface area (Å²) < 4.78 is 54.0. The van der Waals surface area contributed by atoms with Crippen molar-refractivity contribution in [2.75, 3.05) is 0 Å². The highest BCUT2D eigenvalue weighted by Gasteiger charge is 2.19. The lowest BCUT2D eigenvalue weighted by Crippen LogP contribution is -1.99. The predicted octanol–water partition coefficient (Wildman–Crippen LogP) is 4.51. The van der Waals surface area contributed by atoms with Crippen LogP contribution in [0.3, 0.4) is 0 Å². The third-order valence-electron chi connectivity index (χ3n) is 2.86. The molecule has 0 aliphatic heterocycles. The van der Waals surface area contributed by atoms with Gasteiger partial charge in [-0.15, -0.1) is 0 Å². The normalized spacial score (nSPS) is 11.1. The van der Waals surface area contributed by atoms with Crippen molar-refractivity contribution in [3.8, 4) is 11.4 Å². The second-order valence-corrected chi connectivity index (χ2v) is 4.57. The molecule has 2 nitrogen and oxygen atoms in total. The van der Waals surface area contributed by atoms with Gasteiger partial charge in [0.15, 0.2) is 5.82 Å². The number of fused-ring (bicyclic) bond motifs is 1. The average molecular weight is 313 g/mol. The van der Waals surface area contributed by atoms with Crippen molar-refractivity contribution in [2.45, 2.75) is 0 Å². The number of hydrogen-bond donors (Lipinski definition) is 0. The molecule has 1 heterocycles. The van der Waals surface area contributed by atoms with Crippen molar-refractivity contribution in [3.05, 3.63) is 58.8 Å². The zero-order valence-corrected chi connectivity index (χ0v) is 10.9. The number of halogens is 5. The Hall–Kier alpha value is -2.21. The topological polar surface area (TPSA) is 25.8 Å². The number of hydrogen-bond acceptors (Lipinski definition) is 2. The van der Waals surface area contributed by atoms with Crippen molar-refractivity contribution < 1.29 is 17.6 Å². The van der Waals surface area contributed by atoms with Crippen LogP contribution in [0.2, 0.25) is 5.15 Å². The molecule has 0 aliphatic carbocycles. The maximum atomic E-state index is 13.7. The first kappa shape index (κ1) is 13.8. The van der Waals surface area contributed by atoms with Crippen LogP contribution in [-0.2, 0) is 0 Å². The lowest BCUT2D eigenvalue weighted by molar-refractivity contribution is 0.547. The van der Waals surface area contributed by atoms with E-state index in [2.05, 4.69) is 9.97 Å². The molecular formula is C14H5ClF4N2.